The maximum Gasteiger partial charge on any atom is 0.166 e. The number of nitrogens with one attached hydrogen (secondary N) is 1. The highest BCUT2D eigenvalue weighted by Gasteiger charge is 2.25. The third-order valence-electron chi connectivity index (χ3n) is 3.49. The molecule has 1 atom stereocenters. The zero-order valence-corrected chi connectivity index (χ0v) is 11.5. The lowest BCUT2D eigenvalue weighted by molar-refractivity contribution is 0.0256. The monoisotopic (exact) mass is 251 g/mol. The van der Waals surface area contributed by atoms with Crippen LogP contribution in [0.2, 0.25) is 0 Å². The minimum atomic E-state index is 0.0301. The summed E-state index contributed by atoms with van der Waals surface area (Å²) in [6.07, 6.45) is 0.0301. The molecule has 1 saturated heterocycles. The van der Waals surface area contributed by atoms with Crippen LogP contribution in [-0.2, 0) is 4.74 Å². The van der Waals surface area contributed by atoms with Crippen molar-refractivity contribution >= 4 is 0 Å². The Kier molecular flexibility index (Phi) is 4.09. The largest absolute Gasteiger partial charge is 0.493 e. The Bertz CT molecular complexity index is 426. The molecule has 4 heteroatoms. The lowest BCUT2D eigenvalue weighted by Gasteiger charge is -2.28. The fourth-order valence-corrected chi connectivity index (χ4v) is 2.39. The number of hydrogen-bond acceptors (Lipinski definition) is 4. The van der Waals surface area contributed by atoms with E-state index in [4.69, 9.17) is 14.2 Å². The summed E-state index contributed by atoms with van der Waals surface area (Å²) in [5.74, 6) is 1.55. The van der Waals surface area contributed by atoms with Crippen LogP contribution in [0.25, 0.3) is 0 Å². The average Bonchev–Trinajstić information content (AvgIpc) is 2.42. The van der Waals surface area contributed by atoms with Crippen molar-refractivity contribution in [1.82, 2.24) is 5.32 Å². The average molecular weight is 251 g/mol. The molecule has 2 rings (SSSR count). The molecule has 0 radical (unpaired) electrons. The fraction of sp³-hybridized carbons (Fsp3) is 0.571. The van der Waals surface area contributed by atoms with Gasteiger partial charge in [0.25, 0.3) is 0 Å². The van der Waals surface area contributed by atoms with Gasteiger partial charge in [-0.2, -0.15) is 0 Å². The third-order valence-corrected chi connectivity index (χ3v) is 3.49. The zero-order valence-electron chi connectivity index (χ0n) is 11.5. The van der Waals surface area contributed by atoms with Crippen LogP contribution in [0.4, 0.5) is 0 Å². The van der Waals surface area contributed by atoms with E-state index in [2.05, 4.69) is 19.2 Å². The SMILES string of the molecule is COc1cc(C)c(C)c(C2CNCCO2)c1OC. The van der Waals surface area contributed by atoms with E-state index in [9.17, 15) is 0 Å². The second-order valence-corrected chi connectivity index (χ2v) is 4.53. The van der Waals surface area contributed by atoms with Crippen molar-refractivity contribution in [3.05, 3.63) is 22.8 Å². The number of ether oxygens (including phenoxy) is 3. The molecule has 1 aromatic rings. The lowest BCUT2D eigenvalue weighted by atomic mass is 9.96. The van der Waals surface area contributed by atoms with Crippen LogP contribution in [-0.4, -0.2) is 33.9 Å². The Hall–Kier alpha value is -1.26. The highest BCUT2D eigenvalue weighted by Crippen LogP contribution is 2.40. The maximum atomic E-state index is 5.84. The van der Waals surface area contributed by atoms with Gasteiger partial charge in [-0.05, 0) is 31.0 Å². The number of morpholine rings is 1. The van der Waals surface area contributed by atoms with Crippen LogP contribution < -0.4 is 14.8 Å². The fourth-order valence-electron chi connectivity index (χ4n) is 2.39. The zero-order chi connectivity index (χ0) is 13.1. The third kappa shape index (κ3) is 2.31. The molecule has 1 heterocycles. The van der Waals surface area contributed by atoms with Crippen molar-refractivity contribution in [3.63, 3.8) is 0 Å². The van der Waals surface area contributed by atoms with Gasteiger partial charge in [0, 0.05) is 18.7 Å². The first kappa shape index (κ1) is 13.2. The summed E-state index contributed by atoms with van der Waals surface area (Å²) in [6.45, 7) is 6.62. The van der Waals surface area contributed by atoms with Gasteiger partial charge in [-0.15, -0.1) is 0 Å². The second kappa shape index (κ2) is 5.59. The minimum Gasteiger partial charge on any atom is -0.493 e. The summed E-state index contributed by atoms with van der Waals surface area (Å²) < 4.78 is 16.8. The molecule has 0 saturated carbocycles. The van der Waals surface area contributed by atoms with E-state index >= 15 is 0 Å². The van der Waals surface area contributed by atoms with Crippen LogP contribution in [0.15, 0.2) is 6.07 Å². The molecule has 100 valence electrons. The molecule has 1 aliphatic rings. The van der Waals surface area contributed by atoms with Gasteiger partial charge in [-0.1, -0.05) is 0 Å². The summed E-state index contributed by atoms with van der Waals surface area (Å²) in [6, 6.07) is 2.01. The second-order valence-electron chi connectivity index (χ2n) is 4.53. The number of hydrogen-bond donors (Lipinski definition) is 1. The topological polar surface area (TPSA) is 39.7 Å². The van der Waals surface area contributed by atoms with Gasteiger partial charge < -0.3 is 19.5 Å². The van der Waals surface area contributed by atoms with E-state index in [-0.39, 0.29) is 6.10 Å². The summed E-state index contributed by atoms with van der Waals surface area (Å²) in [5.41, 5.74) is 3.50. The molecule has 1 aliphatic heterocycles. The molecule has 0 aromatic heterocycles. The van der Waals surface area contributed by atoms with Crippen LogP contribution in [0.3, 0.4) is 0 Å². The maximum absolute atomic E-state index is 5.84. The molecule has 1 N–H and O–H groups in total. The van der Waals surface area contributed by atoms with Crippen molar-refractivity contribution in [1.29, 1.82) is 0 Å². The lowest BCUT2D eigenvalue weighted by Crippen LogP contribution is -2.34. The van der Waals surface area contributed by atoms with Gasteiger partial charge in [0.1, 0.15) is 0 Å². The molecule has 0 spiro atoms. The first-order valence-corrected chi connectivity index (χ1v) is 6.23. The van der Waals surface area contributed by atoms with E-state index in [0.717, 1.165) is 36.8 Å². The standard InChI is InChI=1S/C14H21NO3/c1-9-7-11(16-3)14(17-4)13(10(9)2)12-8-15-5-6-18-12/h7,12,15H,5-6,8H2,1-4H3. The predicted molar refractivity (Wildman–Crippen MR) is 70.6 cm³/mol. The summed E-state index contributed by atoms with van der Waals surface area (Å²) in [4.78, 5) is 0. The number of benzene rings is 1. The van der Waals surface area contributed by atoms with Crippen molar-refractivity contribution in [3.8, 4) is 11.5 Å². The molecule has 0 bridgehead atoms. The van der Waals surface area contributed by atoms with Gasteiger partial charge in [-0.25, -0.2) is 0 Å². The first-order chi connectivity index (χ1) is 8.69. The van der Waals surface area contributed by atoms with E-state index in [0.29, 0.717) is 0 Å². The first-order valence-electron chi connectivity index (χ1n) is 6.23. The molecule has 1 aromatic carbocycles. The Balaban J connectivity index is 2.51. The molecule has 0 aliphatic carbocycles. The quantitative estimate of drug-likeness (QED) is 0.891. The molecule has 18 heavy (non-hydrogen) atoms. The van der Waals surface area contributed by atoms with Crippen molar-refractivity contribution in [2.24, 2.45) is 0 Å². The van der Waals surface area contributed by atoms with Gasteiger partial charge in [0.2, 0.25) is 0 Å². The van der Waals surface area contributed by atoms with Crippen LogP contribution in [0, 0.1) is 13.8 Å². The summed E-state index contributed by atoms with van der Waals surface area (Å²) >= 11 is 0. The Morgan fingerprint density at radius 1 is 1.28 bits per heavy atom. The van der Waals surface area contributed by atoms with E-state index < -0.39 is 0 Å². The molecule has 0 amide bonds. The summed E-state index contributed by atoms with van der Waals surface area (Å²) in [7, 11) is 3.34. The number of rotatable bonds is 3. The van der Waals surface area contributed by atoms with E-state index in [1.807, 2.05) is 6.07 Å². The van der Waals surface area contributed by atoms with Gasteiger partial charge in [-0.3, -0.25) is 0 Å². The summed E-state index contributed by atoms with van der Waals surface area (Å²) in [5, 5.41) is 3.35. The predicted octanol–water partition coefficient (Wildman–Crippen LogP) is 1.98. The van der Waals surface area contributed by atoms with Gasteiger partial charge >= 0.3 is 0 Å². The van der Waals surface area contributed by atoms with Crippen LogP contribution in [0.5, 0.6) is 11.5 Å². The molecular formula is C14H21NO3. The highest BCUT2D eigenvalue weighted by atomic mass is 16.5. The van der Waals surface area contributed by atoms with Crippen molar-refractivity contribution in [2.45, 2.75) is 20.0 Å². The number of aryl methyl sites for hydroxylation is 1. The number of methoxy groups -OCH3 is 2. The van der Waals surface area contributed by atoms with Gasteiger partial charge in [0.15, 0.2) is 11.5 Å². The van der Waals surface area contributed by atoms with E-state index in [1.165, 1.54) is 11.1 Å². The van der Waals surface area contributed by atoms with Crippen molar-refractivity contribution in [2.75, 3.05) is 33.9 Å². The molecular weight excluding hydrogens is 230 g/mol. The smallest absolute Gasteiger partial charge is 0.166 e. The van der Waals surface area contributed by atoms with E-state index in [1.54, 1.807) is 14.2 Å². The van der Waals surface area contributed by atoms with Crippen molar-refractivity contribution < 1.29 is 14.2 Å². The Morgan fingerprint density at radius 3 is 2.61 bits per heavy atom. The minimum absolute atomic E-state index is 0.0301. The van der Waals surface area contributed by atoms with Crippen LogP contribution in [0.1, 0.15) is 22.8 Å². The molecule has 1 fully saturated rings. The molecule has 1 unspecified atom stereocenters. The Morgan fingerprint density at radius 2 is 2.06 bits per heavy atom. The highest BCUT2D eigenvalue weighted by molar-refractivity contribution is 5.55. The van der Waals surface area contributed by atoms with Gasteiger partial charge in [0.05, 0.1) is 26.9 Å². The Labute approximate surface area is 108 Å². The van der Waals surface area contributed by atoms with Crippen LogP contribution >= 0.6 is 0 Å². The normalized spacial score (nSPS) is 19.7. The molecule has 4 nitrogen and oxygen atoms in total.